The maximum atomic E-state index is 11.5. The second-order valence-corrected chi connectivity index (χ2v) is 6.82. The average molecular weight is 276 g/mol. The molecule has 2 rings (SSSR count). The Kier molecular flexibility index (Phi) is 3.23. The molecule has 0 amide bonds. The zero-order valence-electron chi connectivity index (χ0n) is 9.66. The first-order valence-corrected chi connectivity index (χ1v) is 7.62. The van der Waals surface area contributed by atoms with Crippen LogP contribution in [0.15, 0.2) is 17.0 Å². The van der Waals surface area contributed by atoms with Gasteiger partial charge < -0.3 is 10.1 Å². The van der Waals surface area contributed by atoms with Crippen LogP contribution in [-0.4, -0.2) is 22.1 Å². The molecule has 1 unspecified atom stereocenters. The van der Waals surface area contributed by atoms with Gasteiger partial charge in [-0.2, -0.15) is 0 Å². The number of benzene rings is 1. The lowest BCUT2D eigenvalue weighted by atomic mass is 9.95. The molecule has 17 heavy (non-hydrogen) atoms. The first-order valence-electron chi connectivity index (χ1n) is 5.31. The van der Waals surface area contributed by atoms with Crippen LogP contribution in [-0.2, 0) is 15.5 Å². The van der Waals surface area contributed by atoms with Gasteiger partial charge in [0.25, 0.3) is 9.05 Å². The fourth-order valence-electron chi connectivity index (χ4n) is 2.04. The van der Waals surface area contributed by atoms with Crippen molar-refractivity contribution in [2.24, 2.45) is 5.92 Å². The van der Waals surface area contributed by atoms with Crippen LogP contribution in [0.4, 0.5) is 5.69 Å². The van der Waals surface area contributed by atoms with Gasteiger partial charge in [-0.15, -0.1) is 0 Å². The van der Waals surface area contributed by atoms with E-state index in [1.165, 1.54) is 13.2 Å². The molecule has 0 radical (unpaired) electrons. The highest BCUT2D eigenvalue weighted by molar-refractivity contribution is 8.13. The molecule has 1 N–H and O–H groups in total. The monoisotopic (exact) mass is 275 g/mol. The zero-order valence-corrected chi connectivity index (χ0v) is 11.2. The first-order chi connectivity index (χ1) is 7.91. The Balaban J connectivity index is 2.63. The molecule has 0 fully saturated rings. The van der Waals surface area contributed by atoms with Crippen molar-refractivity contribution >= 4 is 25.4 Å². The summed E-state index contributed by atoms with van der Waals surface area (Å²) in [5.41, 5.74) is 1.54. The van der Waals surface area contributed by atoms with Crippen molar-refractivity contribution in [3.63, 3.8) is 0 Å². The predicted octanol–water partition coefficient (Wildman–Crippen LogP) is 2.23. The molecular formula is C11H14ClNO3S. The number of hydrogen-bond acceptors (Lipinski definition) is 4. The lowest BCUT2D eigenvalue weighted by molar-refractivity contribution is 0.412. The van der Waals surface area contributed by atoms with Gasteiger partial charge >= 0.3 is 0 Å². The molecule has 0 aromatic heterocycles. The minimum atomic E-state index is -3.76. The lowest BCUT2D eigenvalue weighted by Gasteiger charge is -2.25. The third kappa shape index (κ3) is 2.50. The number of fused-ring (bicyclic) bond motifs is 1. The van der Waals surface area contributed by atoms with Crippen molar-refractivity contribution in [2.45, 2.75) is 18.2 Å². The molecule has 0 saturated heterocycles. The number of halogens is 1. The number of anilines is 1. The van der Waals surface area contributed by atoms with Gasteiger partial charge in [0, 0.05) is 23.3 Å². The predicted molar refractivity (Wildman–Crippen MR) is 67.4 cm³/mol. The van der Waals surface area contributed by atoms with Crippen LogP contribution in [0, 0.1) is 5.92 Å². The standard InChI is InChI=1S/C11H14ClNO3S/c1-7-3-8-4-9(16-2)5-10(17(12,14)15)11(8)13-6-7/h4-5,7,13H,3,6H2,1-2H3. The fraction of sp³-hybridized carbons (Fsp3) is 0.455. The Morgan fingerprint density at radius 2 is 2.18 bits per heavy atom. The van der Waals surface area contributed by atoms with Gasteiger partial charge in [0.1, 0.15) is 10.6 Å². The summed E-state index contributed by atoms with van der Waals surface area (Å²) in [6.07, 6.45) is 0.818. The number of hydrogen-bond donors (Lipinski definition) is 1. The number of methoxy groups -OCH3 is 1. The molecule has 6 heteroatoms. The van der Waals surface area contributed by atoms with Crippen molar-refractivity contribution in [2.75, 3.05) is 19.0 Å². The molecule has 1 atom stereocenters. The van der Waals surface area contributed by atoms with E-state index in [1.54, 1.807) is 0 Å². The van der Waals surface area contributed by atoms with Crippen molar-refractivity contribution < 1.29 is 13.2 Å². The largest absolute Gasteiger partial charge is 0.497 e. The normalized spacial score (nSPS) is 19.4. The highest BCUT2D eigenvalue weighted by Crippen LogP contribution is 2.36. The Labute approximate surface area is 105 Å². The van der Waals surface area contributed by atoms with Crippen LogP contribution in [0.2, 0.25) is 0 Å². The van der Waals surface area contributed by atoms with E-state index < -0.39 is 9.05 Å². The summed E-state index contributed by atoms with van der Waals surface area (Å²) in [7, 11) is 3.18. The van der Waals surface area contributed by atoms with Gasteiger partial charge in [0.05, 0.1) is 12.8 Å². The van der Waals surface area contributed by atoms with Crippen molar-refractivity contribution in [1.29, 1.82) is 0 Å². The van der Waals surface area contributed by atoms with Crippen LogP contribution in [0.25, 0.3) is 0 Å². The molecule has 1 aromatic carbocycles. The molecule has 1 aromatic rings. The third-order valence-corrected chi connectivity index (χ3v) is 4.20. The molecule has 0 aliphatic carbocycles. The highest BCUT2D eigenvalue weighted by Gasteiger charge is 2.24. The van der Waals surface area contributed by atoms with E-state index in [2.05, 4.69) is 12.2 Å². The number of nitrogens with one attached hydrogen (secondary N) is 1. The minimum absolute atomic E-state index is 0.0976. The summed E-state index contributed by atoms with van der Waals surface area (Å²) < 4.78 is 28.1. The van der Waals surface area contributed by atoms with Crippen LogP contribution in [0.1, 0.15) is 12.5 Å². The topological polar surface area (TPSA) is 55.4 Å². The minimum Gasteiger partial charge on any atom is -0.497 e. The van der Waals surface area contributed by atoms with E-state index in [0.29, 0.717) is 17.4 Å². The summed E-state index contributed by atoms with van der Waals surface area (Å²) in [6.45, 7) is 2.85. The van der Waals surface area contributed by atoms with E-state index in [-0.39, 0.29) is 4.90 Å². The van der Waals surface area contributed by atoms with Gasteiger partial charge in [-0.3, -0.25) is 0 Å². The van der Waals surface area contributed by atoms with Gasteiger partial charge in [-0.25, -0.2) is 8.42 Å². The van der Waals surface area contributed by atoms with Gasteiger partial charge in [-0.05, 0) is 24.0 Å². The van der Waals surface area contributed by atoms with Gasteiger partial charge in [0.2, 0.25) is 0 Å². The van der Waals surface area contributed by atoms with E-state index in [4.69, 9.17) is 15.4 Å². The SMILES string of the molecule is COc1cc2c(c(S(=O)(=O)Cl)c1)NCC(C)C2. The lowest BCUT2D eigenvalue weighted by Crippen LogP contribution is -2.22. The van der Waals surface area contributed by atoms with Gasteiger partial charge in [0.15, 0.2) is 0 Å². The van der Waals surface area contributed by atoms with Crippen LogP contribution in [0.5, 0.6) is 5.75 Å². The second-order valence-electron chi connectivity index (χ2n) is 4.29. The van der Waals surface area contributed by atoms with Crippen LogP contribution >= 0.6 is 10.7 Å². The van der Waals surface area contributed by atoms with E-state index in [0.717, 1.165) is 18.5 Å². The average Bonchev–Trinajstić information content (AvgIpc) is 2.25. The molecule has 94 valence electrons. The van der Waals surface area contributed by atoms with Crippen molar-refractivity contribution in [3.8, 4) is 5.75 Å². The van der Waals surface area contributed by atoms with E-state index >= 15 is 0 Å². The Morgan fingerprint density at radius 1 is 1.47 bits per heavy atom. The molecule has 0 spiro atoms. The number of ether oxygens (including phenoxy) is 1. The molecule has 4 nitrogen and oxygen atoms in total. The number of rotatable bonds is 2. The van der Waals surface area contributed by atoms with Crippen LogP contribution in [0.3, 0.4) is 0 Å². The third-order valence-electron chi connectivity index (χ3n) is 2.85. The summed E-state index contributed by atoms with van der Waals surface area (Å²) in [5.74, 6) is 0.972. The van der Waals surface area contributed by atoms with Crippen molar-refractivity contribution in [3.05, 3.63) is 17.7 Å². The van der Waals surface area contributed by atoms with E-state index in [9.17, 15) is 8.42 Å². The molecule has 1 heterocycles. The molecular weight excluding hydrogens is 262 g/mol. The maximum absolute atomic E-state index is 11.5. The zero-order chi connectivity index (χ0) is 12.6. The van der Waals surface area contributed by atoms with E-state index in [1.807, 2.05) is 6.07 Å². The summed E-state index contributed by atoms with van der Waals surface area (Å²) in [4.78, 5) is 0.0976. The molecule has 1 aliphatic heterocycles. The van der Waals surface area contributed by atoms with Crippen LogP contribution < -0.4 is 10.1 Å². The highest BCUT2D eigenvalue weighted by atomic mass is 35.7. The Bertz CT molecular complexity index is 542. The first kappa shape index (κ1) is 12.5. The molecule has 0 bridgehead atoms. The van der Waals surface area contributed by atoms with Gasteiger partial charge in [-0.1, -0.05) is 6.92 Å². The molecule has 1 aliphatic rings. The second kappa shape index (κ2) is 4.38. The summed E-state index contributed by atoms with van der Waals surface area (Å²) in [5, 5.41) is 3.12. The Hall–Kier alpha value is -0.940. The summed E-state index contributed by atoms with van der Waals surface area (Å²) >= 11 is 0. The summed E-state index contributed by atoms with van der Waals surface area (Å²) in [6, 6.07) is 3.30. The van der Waals surface area contributed by atoms with Crippen molar-refractivity contribution in [1.82, 2.24) is 0 Å². The smallest absolute Gasteiger partial charge is 0.263 e. The quantitative estimate of drug-likeness (QED) is 0.841. The Morgan fingerprint density at radius 3 is 2.76 bits per heavy atom. The maximum Gasteiger partial charge on any atom is 0.263 e. The molecule has 0 saturated carbocycles. The fourth-order valence-corrected chi connectivity index (χ4v) is 3.11.